The summed E-state index contributed by atoms with van der Waals surface area (Å²) in [5.74, 6) is -0.173. The van der Waals surface area contributed by atoms with Gasteiger partial charge in [0.25, 0.3) is 0 Å². The van der Waals surface area contributed by atoms with E-state index in [9.17, 15) is 24.6 Å². The Balaban J connectivity index is 1.94. The van der Waals surface area contributed by atoms with Gasteiger partial charge in [-0.3, -0.25) is 19.3 Å². The van der Waals surface area contributed by atoms with Crippen LogP contribution in [0.15, 0.2) is 23.8 Å². The van der Waals surface area contributed by atoms with E-state index in [4.69, 9.17) is 18.9 Å². The molecule has 13 heteroatoms. The summed E-state index contributed by atoms with van der Waals surface area (Å²) in [6, 6.07) is 2.34. The summed E-state index contributed by atoms with van der Waals surface area (Å²) < 4.78 is 22.7. The van der Waals surface area contributed by atoms with Gasteiger partial charge in [0.2, 0.25) is 11.8 Å². The van der Waals surface area contributed by atoms with Gasteiger partial charge in [0.15, 0.2) is 11.5 Å². The highest BCUT2D eigenvalue weighted by Crippen LogP contribution is 2.37. The number of amides is 2. The van der Waals surface area contributed by atoms with Crippen LogP contribution in [0.5, 0.6) is 11.5 Å². The number of nitrogens with zero attached hydrogens (tertiary/aromatic N) is 2. The maximum atomic E-state index is 13.2. The molecular weight excluding hydrogens is 625 g/mol. The Morgan fingerprint density at radius 1 is 1.28 bits per heavy atom. The van der Waals surface area contributed by atoms with Crippen molar-refractivity contribution in [3.63, 3.8) is 0 Å². The van der Waals surface area contributed by atoms with E-state index in [2.05, 4.69) is 10.2 Å². The highest BCUT2D eigenvalue weighted by atomic mass is 127. The van der Waals surface area contributed by atoms with Gasteiger partial charge in [-0.05, 0) is 40.8 Å². The highest BCUT2D eigenvalue weighted by molar-refractivity contribution is 14.1. The molecule has 1 saturated heterocycles. The number of hydrogen-bond acceptors (Lipinski definition) is 10. The third-order valence-corrected chi connectivity index (χ3v) is 7.41. The summed E-state index contributed by atoms with van der Waals surface area (Å²) in [5.41, 5.74) is 0.702. The van der Waals surface area contributed by atoms with Crippen molar-refractivity contribution >= 4 is 40.7 Å². The SMILES string of the molecule is COCC(=O)N(CCN1CCOCC1)C1CC(C(=O)NCCO)=CC(Oc2c(I)cc(C=O)cc2OC)C1O. The maximum Gasteiger partial charge on any atom is 0.248 e. The highest BCUT2D eigenvalue weighted by Gasteiger charge is 2.41. The number of carbonyl (C=O) groups is 3. The fourth-order valence-corrected chi connectivity index (χ4v) is 5.35. The summed E-state index contributed by atoms with van der Waals surface area (Å²) in [7, 11) is 2.86. The first kappa shape index (κ1) is 31.2. The van der Waals surface area contributed by atoms with Crippen LogP contribution in [0.25, 0.3) is 0 Å². The van der Waals surface area contributed by atoms with Crippen LogP contribution >= 0.6 is 22.6 Å². The van der Waals surface area contributed by atoms with Crippen molar-refractivity contribution in [2.45, 2.75) is 24.7 Å². The van der Waals surface area contributed by atoms with Gasteiger partial charge in [0.05, 0.1) is 36.5 Å². The standard InChI is InChI=1S/C26H36IN3O9/c1-36-16-23(33)30(5-4-29-6-9-38-10-7-29)20-13-18(26(35)28-3-8-31)14-21(24(20)34)39-25-19(27)11-17(15-32)12-22(25)37-2/h11-12,14-15,20-21,24,31,34H,3-10,13,16H2,1-2H3,(H,28,35). The summed E-state index contributed by atoms with van der Waals surface area (Å²) >= 11 is 2.01. The molecule has 12 nitrogen and oxygen atoms in total. The van der Waals surface area contributed by atoms with Crippen molar-refractivity contribution in [2.24, 2.45) is 0 Å². The lowest BCUT2D eigenvalue weighted by Gasteiger charge is -2.41. The minimum atomic E-state index is -1.20. The molecule has 0 saturated carbocycles. The molecule has 3 unspecified atom stereocenters. The molecule has 0 aromatic heterocycles. The molecule has 3 atom stereocenters. The van der Waals surface area contributed by atoms with Gasteiger partial charge >= 0.3 is 0 Å². The van der Waals surface area contributed by atoms with Crippen LogP contribution in [0.1, 0.15) is 16.8 Å². The van der Waals surface area contributed by atoms with E-state index in [1.54, 1.807) is 11.0 Å². The van der Waals surface area contributed by atoms with Crippen LogP contribution < -0.4 is 14.8 Å². The quantitative estimate of drug-likeness (QED) is 0.193. The number of carbonyl (C=O) groups excluding carboxylic acids is 3. The molecule has 1 fully saturated rings. The Labute approximate surface area is 241 Å². The van der Waals surface area contributed by atoms with Crippen LogP contribution in [-0.4, -0.2) is 130 Å². The van der Waals surface area contributed by atoms with E-state index in [-0.39, 0.29) is 37.8 Å². The number of halogens is 1. The summed E-state index contributed by atoms with van der Waals surface area (Å²) in [6.07, 6.45) is 0.0742. The first-order valence-corrected chi connectivity index (χ1v) is 13.8. The molecule has 3 rings (SSSR count). The lowest BCUT2D eigenvalue weighted by atomic mass is 9.88. The molecule has 0 bridgehead atoms. The Morgan fingerprint density at radius 2 is 2.03 bits per heavy atom. The fraction of sp³-hybridized carbons (Fsp3) is 0.577. The number of aldehydes is 1. The molecule has 2 aliphatic rings. The van der Waals surface area contributed by atoms with Crippen molar-refractivity contribution < 1.29 is 43.5 Å². The van der Waals surface area contributed by atoms with Gasteiger partial charge in [-0.2, -0.15) is 0 Å². The smallest absolute Gasteiger partial charge is 0.248 e. The second-order valence-electron chi connectivity index (χ2n) is 9.14. The van der Waals surface area contributed by atoms with E-state index in [0.29, 0.717) is 53.0 Å². The Bertz CT molecular complexity index is 1030. The molecule has 1 aliphatic heterocycles. The zero-order valence-electron chi connectivity index (χ0n) is 22.1. The molecule has 0 radical (unpaired) electrons. The van der Waals surface area contributed by atoms with Crippen molar-refractivity contribution in [1.82, 2.24) is 15.1 Å². The number of aliphatic hydroxyl groups excluding tert-OH is 2. The van der Waals surface area contributed by atoms with Crippen LogP contribution in [-0.2, 0) is 19.1 Å². The van der Waals surface area contributed by atoms with E-state index in [1.807, 2.05) is 22.6 Å². The van der Waals surface area contributed by atoms with Crippen molar-refractivity contribution in [3.8, 4) is 11.5 Å². The molecule has 1 heterocycles. The van der Waals surface area contributed by atoms with Crippen LogP contribution in [0.4, 0.5) is 0 Å². The van der Waals surface area contributed by atoms with Crippen molar-refractivity contribution in [1.29, 1.82) is 0 Å². The lowest BCUT2D eigenvalue weighted by molar-refractivity contribution is -0.143. The summed E-state index contributed by atoms with van der Waals surface area (Å²) in [4.78, 5) is 41.2. The number of benzene rings is 1. The second-order valence-corrected chi connectivity index (χ2v) is 10.3. The predicted octanol–water partition coefficient (Wildman–Crippen LogP) is -0.165. The number of methoxy groups -OCH3 is 2. The van der Waals surface area contributed by atoms with Gasteiger partial charge in [0, 0.05) is 57.4 Å². The Kier molecular flexibility index (Phi) is 12.4. The van der Waals surface area contributed by atoms with Gasteiger partial charge < -0.3 is 39.4 Å². The molecule has 39 heavy (non-hydrogen) atoms. The Hall–Kier alpha value is -2.30. The van der Waals surface area contributed by atoms with E-state index in [1.165, 1.54) is 26.4 Å². The molecule has 0 spiro atoms. The molecule has 3 N–H and O–H groups in total. The third kappa shape index (κ3) is 8.35. The van der Waals surface area contributed by atoms with Gasteiger partial charge in [-0.25, -0.2) is 0 Å². The minimum Gasteiger partial charge on any atom is -0.493 e. The number of ether oxygens (including phenoxy) is 4. The lowest BCUT2D eigenvalue weighted by Crippen LogP contribution is -2.57. The first-order valence-electron chi connectivity index (χ1n) is 12.7. The topological polar surface area (TPSA) is 147 Å². The van der Waals surface area contributed by atoms with Crippen molar-refractivity contribution in [2.75, 3.05) is 73.4 Å². The minimum absolute atomic E-state index is 0.0527. The number of morpholine rings is 1. The third-order valence-electron chi connectivity index (χ3n) is 6.61. The average molecular weight is 661 g/mol. The largest absolute Gasteiger partial charge is 0.493 e. The van der Waals surface area contributed by atoms with E-state index < -0.39 is 24.2 Å². The molecule has 1 aromatic rings. The maximum absolute atomic E-state index is 13.2. The Morgan fingerprint density at radius 3 is 2.67 bits per heavy atom. The fourth-order valence-electron chi connectivity index (χ4n) is 4.59. The van der Waals surface area contributed by atoms with Gasteiger partial charge in [0.1, 0.15) is 25.1 Å². The second kappa shape index (κ2) is 15.5. The molecule has 2 amide bonds. The zero-order valence-corrected chi connectivity index (χ0v) is 24.3. The number of hydrogen-bond donors (Lipinski definition) is 3. The zero-order chi connectivity index (χ0) is 28.4. The van der Waals surface area contributed by atoms with E-state index in [0.717, 1.165) is 13.1 Å². The predicted molar refractivity (Wildman–Crippen MR) is 149 cm³/mol. The molecule has 1 aromatic carbocycles. The summed E-state index contributed by atoms with van der Waals surface area (Å²) in [5, 5.41) is 23.4. The van der Waals surface area contributed by atoms with Gasteiger partial charge in [-0.1, -0.05) is 0 Å². The average Bonchev–Trinajstić information content (AvgIpc) is 2.94. The molecule has 216 valence electrons. The molecular formula is C26H36IN3O9. The van der Waals surface area contributed by atoms with Crippen LogP contribution in [0.2, 0.25) is 0 Å². The molecule has 1 aliphatic carbocycles. The van der Waals surface area contributed by atoms with Gasteiger partial charge in [-0.15, -0.1) is 0 Å². The van der Waals surface area contributed by atoms with E-state index >= 15 is 0 Å². The van der Waals surface area contributed by atoms with Crippen molar-refractivity contribution in [3.05, 3.63) is 32.9 Å². The number of aliphatic hydroxyl groups is 2. The van der Waals surface area contributed by atoms with Crippen LogP contribution in [0.3, 0.4) is 0 Å². The summed E-state index contributed by atoms with van der Waals surface area (Å²) in [6.45, 7) is 3.17. The first-order chi connectivity index (χ1) is 18.8. The van der Waals surface area contributed by atoms with Crippen LogP contribution in [0, 0.1) is 3.57 Å². The number of rotatable bonds is 13. The number of nitrogens with one attached hydrogen (secondary N) is 1. The normalized spacial score (nSPS) is 21.6. The monoisotopic (exact) mass is 661 g/mol.